The molecular formula is C15H13Cl2NO2. The molecule has 0 aliphatic heterocycles. The number of hydrogen-bond acceptors (Lipinski definition) is 3. The predicted molar refractivity (Wildman–Crippen MR) is 81.6 cm³/mol. The lowest BCUT2D eigenvalue weighted by Gasteiger charge is -2.07. The van der Waals surface area contributed by atoms with Gasteiger partial charge in [0.25, 0.3) is 0 Å². The summed E-state index contributed by atoms with van der Waals surface area (Å²) in [6, 6.07) is 8.50. The Morgan fingerprint density at radius 1 is 1.20 bits per heavy atom. The number of furan rings is 1. The summed E-state index contributed by atoms with van der Waals surface area (Å²) in [5.41, 5.74) is 1.39. The first kappa shape index (κ1) is 14.7. The van der Waals surface area contributed by atoms with Gasteiger partial charge < -0.3 is 9.73 Å². The molecule has 0 aliphatic carbocycles. The first-order chi connectivity index (χ1) is 9.44. The van der Waals surface area contributed by atoms with Gasteiger partial charge in [0.15, 0.2) is 5.76 Å². The maximum atomic E-state index is 11.9. The molecule has 0 spiro atoms. The molecule has 0 saturated heterocycles. The van der Waals surface area contributed by atoms with Crippen LogP contribution in [-0.4, -0.2) is 5.78 Å². The van der Waals surface area contributed by atoms with Crippen LogP contribution in [0.1, 0.15) is 23.2 Å². The zero-order valence-corrected chi connectivity index (χ0v) is 12.5. The van der Waals surface area contributed by atoms with Crippen LogP contribution in [0.5, 0.6) is 0 Å². The number of halogens is 2. The van der Waals surface area contributed by atoms with E-state index in [-0.39, 0.29) is 5.78 Å². The van der Waals surface area contributed by atoms with Gasteiger partial charge in [0.2, 0.25) is 5.78 Å². The van der Waals surface area contributed by atoms with Crippen molar-refractivity contribution in [2.45, 2.75) is 13.8 Å². The van der Waals surface area contributed by atoms with E-state index in [4.69, 9.17) is 27.6 Å². The lowest BCUT2D eigenvalue weighted by molar-refractivity contribution is 0.102. The van der Waals surface area contributed by atoms with Crippen molar-refractivity contribution in [3.05, 3.63) is 63.7 Å². The van der Waals surface area contributed by atoms with Crippen molar-refractivity contribution in [1.29, 1.82) is 0 Å². The van der Waals surface area contributed by atoms with E-state index in [1.165, 1.54) is 6.08 Å². The van der Waals surface area contributed by atoms with Gasteiger partial charge in [-0.25, -0.2) is 0 Å². The summed E-state index contributed by atoms with van der Waals surface area (Å²) in [5.74, 6) is 0.818. The lowest BCUT2D eigenvalue weighted by atomic mass is 10.2. The molecule has 0 atom stereocenters. The predicted octanol–water partition coefficient (Wildman–Crippen LogP) is 5.09. The normalized spacial score (nSPS) is 11.5. The molecule has 3 nitrogen and oxygen atoms in total. The summed E-state index contributed by atoms with van der Waals surface area (Å²) in [7, 11) is 0. The Kier molecular flexibility index (Phi) is 4.53. The monoisotopic (exact) mass is 309 g/mol. The van der Waals surface area contributed by atoms with Gasteiger partial charge in [-0.15, -0.1) is 0 Å². The Morgan fingerprint density at radius 2 is 1.85 bits per heavy atom. The Morgan fingerprint density at radius 3 is 2.40 bits per heavy atom. The maximum Gasteiger partial charge on any atom is 0.222 e. The summed E-state index contributed by atoms with van der Waals surface area (Å²) in [5, 5.41) is 4.12. The van der Waals surface area contributed by atoms with E-state index < -0.39 is 0 Å². The van der Waals surface area contributed by atoms with Crippen LogP contribution in [0, 0.1) is 6.92 Å². The van der Waals surface area contributed by atoms with Crippen molar-refractivity contribution in [2.75, 3.05) is 5.32 Å². The molecule has 1 aromatic heterocycles. The number of allylic oxidation sites excluding steroid dienone is 2. The second kappa shape index (κ2) is 6.16. The van der Waals surface area contributed by atoms with Crippen molar-refractivity contribution in [3.8, 4) is 0 Å². The summed E-state index contributed by atoms with van der Waals surface area (Å²) in [6.07, 6.45) is 1.47. The average Bonchev–Trinajstić information content (AvgIpc) is 2.74. The Labute approximate surface area is 127 Å². The molecule has 1 aromatic carbocycles. The fourth-order valence-electron chi connectivity index (χ4n) is 1.72. The quantitative estimate of drug-likeness (QED) is 0.631. The van der Waals surface area contributed by atoms with Gasteiger partial charge in [-0.05, 0) is 44.2 Å². The van der Waals surface area contributed by atoms with Crippen LogP contribution < -0.4 is 5.32 Å². The molecule has 0 bridgehead atoms. The minimum absolute atomic E-state index is 0.198. The van der Waals surface area contributed by atoms with E-state index in [9.17, 15) is 4.79 Å². The Bertz CT molecular complexity index is 654. The van der Waals surface area contributed by atoms with E-state index in [2.05, 4.69) is 5.32 Å². The molecule has 20 heavy (non-hydrogen) atoms. The van der Waals surface area contributed by atoms with Crippen LogP contribution in [0.4, 0.5) is 5.69 Å². The number of carbonyl (C=O) groups is 1. The van der Waals surface area contributed by atoms with Crippen LogP contribution in [0.25, 0.3) is 0 Å². The number of anilines is 1. The molecular weight excluding hydrogens is 297 g/mol. The standard InChI is InChI=1S/C15H13Cl2NO2/c1-9(5-14(19)15-4-3-10(2)20-15)18-13-7-11(16)6-12(17)8-13/h3-8,18H,1-2H3/b9-5+. The molecule has 0 unspecified atom stereocenters. The third kappa shape index (κ3) is 3.89. The van der Waals surface area contributed by atoms with E-state index in [0.717, 1.165) is 5.69 Å². The van der Waals surface area contributed by atoms with Crippen molar-refractivity contribution < 1.29 is 9.21 Å². The largest absolute Gasteiger partial charge is 0.458 e. The minimum Gasteiger partial charge on any atom is -0.458 e. The smallest absolute Gasteiger partial charge is 0.222 e. The van der Waals surface area contributed by atoms with Crippen LogP contribution in [0.2, 0.25) is 10.0 Å². The summed E-state index contributed by atoms with van der Waals surface area (Å²) in [6.45, 7) is 3.57. The van der Waals surface area contributed by atoms with Crippen LogP contribution in [0.3, 0.4) is 0 Å². The van der Waals surface area contributed by atoms with E-state index in [1.807, 2.05) is 0 Å². The van der Waals surface area contributed by atoms with Gasteiger partial charge >= 0.3 is 0 Å². The maximum absolute atomic E-state index is 11.9. The summed E-state index contributed by atoms with van der Waals surface area (Å²) < 4.78 is 5.27. The first-order valence-corrected chi connectivity index (χ1v) is 6.72. The Hall–Kier alpha value is -1.71. The Balaban J connectivity index is 2.12. The third-order valence-electron chi connectivity index (χ3n) is 2.53. The zero-order chi connectivity index (χ0) is 14.7. The number of hydrogen-bond donors (Lipinski definition) is 1. The molecule has 2 aromatic rings. The number of rotatable bonds is 4. The van der Waals surface area contributed by atoms with Gasteiger partial charge in [0, 0.05) is 27.5 Å². The van der Waals surface area contributed by atoms with Gasteiger partial charge in [0.05, 0.1) is 0 Å². The molecule has 2 rings (SSSR count). The highest BCUT2D eigenvalue weighted by Crippen LogP contribution is 2.23. The summed E-state index contributed by atoms with van der Waals surface area (Å²) in [4.78, 5) is 11.9. The second-order valence-electron chi connectivity index (χ2n) is 4.39. The van der Waals surface area contributed by atoms with Crippen LogP contribution in [0.15, 0.2) is 46.5 Å². The highest BCUT2D eigenvalue weighted by molar-refractivity contribution is 6.35. The summed E-state index contributed by atoms with van der Waals surface area (Å²) >= 11 is 11.8. The SMILES string of the molecule is C/C(=C\C(=O)c1ccc(C)o1)Nc1cc(Cl)cc(Cl)c1. The van der Waals surface area contributed by atoms with Crippen LogP contribution in [-0.2, 0) is 0 Å². The number of carbonyl (C=O) groups excluding carboxylic acids is 1. The molecule has 0 radical (unpaired) electrons. The van der Waals surface area contributed by atoms with E-state index >= 15 is 0 Å². The van der Waals surface area contributed by atoms with Crippen molar-refractivity contribution in [1.82, 2.24) is 0 Å². The number of ketones is 1. The van der Waals surface area contributed by atoms with Gasteiger partial charge in [-0.2, -0.15) is 0 Å². The molecule has 0 amide bonds. The molecule has 1 N–H and O–H groups in total. The number of benzene rings is 1. The third-order valence-corrected chi connectivity index (χ3v) is 2.97. The first-order valence-electron chi connectivity index (χ1n) is 5.96. The van der Waals surface area contributed by atoms with Gasteiger partial charge in [0.1, 0.15) is 5.76 Å². The lowest BCUT2D eigenvalue weighted by Crippen LogP contribution is -2.00. The average molecular weight is 310 g/mol. The topological polar surface area (TPSA) is 42.2 Å². The second-order valence-corrected chi connectivity index (χ2v) is 5.26. The fraction of sp³-hybridized carbons (Fsp3) is 0.133. The number of nitrogens with one attached hydrogen (secondary N) is 1. The highest BCUT2D eigenvalue weighted by atomic mass is 35.5. The van der Waals surface area contributed by atoms with Crippen LogP contribution >= 0.6 is 23.2 Å². The van der Waals surface area contributed by atoms with Gasteiger partial charge in [-0.1, -0.05) is 23.2 Å². The van der Waals surface area contributed by atoms with Crippen molar-refractivity contribution >= 4 is 34.7 Å². The minimum atomic E-state index is -0.198. The molecule has 0 fully saturated rings. The molecule has 5 heteroatoms. The fourth-order valence-corrected chi connectivity index (χ4v) is 2.25. The van der Waals surface area contributed by atoms with E-state index in [1.54, 1.807) is 44.2 Å². The zero-order valence-electron chi connectivity index (χ0n) is 11.0. The molecule has 104 valence electrons. The molecule has 1 heterocycles. The molecule has 0 aliphatic rings. The van der Waals surface area contributed by atoms with Crippen molar-refractivity contribution in [2.24, 2.45) is 0 Å². The van der Waals surface area contributed by atoms with E-state index in [0.29, 0.717) is 27.3 Å². The highest BCUT2D eigenvalue weighted by Gasteiger charge is 2.08. The van der Waals surface area contributed by atoms with Gasteiger partial charge in [-0.3, -0.25) is 4.79 Å². The van der Waals surface area contributed by atoms with Crippen molar-refractivity contribution in [3.63, 3.8) is 0 Å². The molecule has 0 saturated carbocycles. The number of aryl methyl sites for hydroxylation is 1.